The SMILES string of the molecule is Cn1c(-c2cccc(Oc3cccc(N4c5ccc6sc7ccccc7c6c5C(C)(C)c5cccnc54)c3)c2)nc2ccccc21. The third-order valence-electron chi connectivity index (χ3n) is 9.25. The minimum absolute atomic E-state index is 0.247. The number of imidazole rings is 1. The maximum atomic E-state index is 6.54. The molecular weight excluding hydrogens is 585 g/mol. The number of pyridine rings is 1. The molecule has 0 amide bonds. The van der Waals surface area contributed by atoms with Crippen LogP contribution in [0.1, 0.15) is 25.0 Å². The molecule has 6 heteroatoms. The van der Waals surface area contributed by atoms with Crippen molar-refractivity contribution in [2.45, 2.75) is 19.3 Å². The van der Waals surface area contributed by atoms with Crippen LogP contribution in [0.4, 0.5) is 17.2 Å². The molecule has 46 heavy (non-hydrogen) atoms. The number of rotatable bonds is 4. The van der Waals surface area contributed by atoms with Crippen LogP contribution in [0.5, 0.6) is 11.5 Å². The van der Waals surface area contributed by atoms with Crippen molar-refractivity contribution in [3.63, 3.8) is 0 Å². The summed E-state index contributed by atoms with van der Waals surface area (Å²) in [6.07, 6.45) is 1.89. The topological polar surface area (TPSA) is 43.2 Å². The number of aryl methyl sites for hydroxylation is 1. The van der Waals surface area contributed by atoms with E-state index in [0.717, 1.165) is 51.1 Å². The van der Waals surface area contributed by atoms with Gasteiger partial charge in [-0.3, -0.25) is 4.90 Å². The largest absolute Gasteiger partial charge is 0.457 e. The summed E-state index contributed by atoms with van der Waals surface area (Å²) in [5.74, 6) is 3.36. The third-order valence-corrected chi connectivity index (χ3v) is 10.4. The number of aromatic nitrogens is 3. The molecule has 0 fully saturated rings. The van der Waals surface area contributed by atoms with E-state index in [0.29, 0.717) is 0 Å². The van der Waals surface area contributed by atoms with E-state index in [1.54, 1.807) is 0 Å². The van der Waals surface area contributed by atoms with Gasteiger partial charge in [-0.15, -0.1) is 11.3 Å². The summed E-state index contributed by atoms with van der Waals surface area (Å²) in [4.78, 5) is 12.2. The lowest BCUT2D eigenvalue weighted by molar-refractivity contribution is 0.483. The van der Waals surface area contributed by atoms with Crippen molar-refractivity contribution < 1.29 is 4.74 Å². The summed E-state index contributed by atoms with van der Waals surface area (Å²) in [7, 11) is 2.05. The maximum absolute atomic E-state index is 6.54. The summed E-state index contributed by atoms with van der Waals surface area (Å²) in [6.45, 7) is 4.65. The maximum Gasteiger partial charge on any atom is 0.141 e. The summed E-state index contributed by atoms with van der Waals surface area (Å²) in [6, 6.07) is 42.2. The first-order chi connectivity index (χ1) is 22.5. The predicted octanol–water partition coefficient (Wildman–Crippen LogP) is 10.9. The number of hydrogen-bond acceptors (Lipinski definition) is 5. The molecule has 5 nitrogen and oxygen atoms in total. The lowest BCUT2D eigenvalue weighted by Crippen LogP contribution is -2.31. The normalized spacial score (nSPS) is 13.7. The van der Waals surface area contributed by atoms with Crippen molar-refractivity contribution in [1.29, 1.82) is 0 Å². The predicted molar refractivity (Wildman–Crippen MR) is 190 cm³/mol. The lowest BCUT2D eigenvalue weighted by Gasteiger charge is -2.41. The third kappa shape index (κ3) is 4.00. The molecule has 1 aliphatic rings. The van der Waals surface area contributed by atoms with Crippen LogP contribution in [-0.4, -0.2) is 14.5 Å². The molecule has 0 bridgehead atoms. The molecule has 0 unspecified atom stereocenters. The summed E-state index contributed by atoms with van der Waals surface area (Å²) < 4.78 is 11.3. The minimum atomic E-state index is -0.247. The summed E-state index contributed by atoms with van der Waals surface area (Å²) >= 11 is 1.86. The molecule has 0 saturated heterocycles. The highest BCUT2D eigenvalue weighted by Crippen LogP contribution is 2.55. The smallest absolute Gasteiger partial charge is 0.141 e. The Kier molecular flexibility index (Phi) is 5.86. The minimum Gasteiger partial charge on any atom is -0.457 e. The van der Waals surface area contributed by atoms with Gasteiger partial charge < -0.3 is 9.30 Å². The number of benzene rings is 5. The van der Waals surface area contributed by atoms with Crippen LogP contribution in [0.25, 0.3) is 42.6 Å². The molecule has 0 aliphatic carbocycles. The van der Waals surface area contributed by atoms with Crippen molar-refractivity contribution in [3.8, 4) is 22.9 Å². The molecule has 0 radical (unpaired) electrons. The van der Waals surface area contributed by atoms with Crippen LogP contribution in [-0.2, 0) is 12.5 Å². The van der Waals surface area contributed by atoms with Gasteiger partial charge in [-0.25, -0.2) is 9.97 Å². The van der Waals surface area contributed by atoms with E-state index in [9.17, 15) is 0 Å². The van der Waals surface area contributed by atoms with Gasteiger partial charge in [-0.2, -0.15) is 0 Å². The van der Waals surface area contributed by atoms with Gasteiger partial charge in [0.05, 0.1) is 22.4 Å². The zero-order chi connectivity index (χ0) is 31.0. The highest BCUT2D eigenvalue weighted by Gasteiger charge is 2.39. The van der Waals surface area contributed by atoms with E-state index in [4.69, 9.17) is 14.7 Å². The van der Waals surface area contributed by atoms with Gasteiger partial charge in [0.1, 0.15) is 23.1 Å². The van der Waals surface area contributed by atoms with Gasteiger partial charge in [-0.05, 0) is 66.2 Å². The Hall–Kier alpha value is -5.46. The Labute approximate surface area is 271 Å². The second kappa shape index (κ2) is 10.0. The Bertz CT molecular complexity index is 2470. The number of anilines is 3. The van der Waals surface area contributed by atoms with Crippen LogP contribution in [0, 0.1) is 0 Å². The Morgan fingerprint density at radius 2 is 1.54 bits per heavy atom. The van der Waals surface area contributed by atoms with Crippen LogP contribution >= 0.6 is 11.3 Å². The fourth-order valence-corrected chi connectivity index (χ4v) is 8.24. The molecule has 1 aliphatic heterocycles. The zero-order valence-electron chi connectivity index (χ0n) is 25.7. The molecule has 3 aromatic heterocycles. The van der Waals surface area contributed by atoms with Crippen molar-refractivity contribution in [2.24, 2.45) is 7.05 Å². The molecule has 8 aromatic rings. The number of thiophene rings is 1. The second-order valence-corrected chi connectivity index (χ2v) is 13.5. The Balaban J connectivity index is 1.16. The summed E-state index contributed by atoms with van der Waals surface area (Å²) in [5, 5.41) is 2.63. The standard InChI is InChI=1S/C40H30N4OS/c1-40(2)30-16-10-22-41-39(30)44(33-20-21-35-36(37(33)40)29-15-4-7-19-34(29)46-35)26-12-9-14-28(24-26)45-27-13-8-11-25(23-27)38-42-31-17-5-6-18-32(31)43(38)3/h4-24H,1-3H3. The Morgan fingerprint density at radius 1 is 0.739 bits per heavy atom. The van der Waals surface area contributed by atoms with E-state index in [-0.39, 0.29) is 5.41 Å². The molecule has 0 atom stereocenters. The van der Waals surface area contributed by atoms with Gasteiger partial charge in [0.25, 0.3) is 0 Å². The molecule has 0 saturated carbocycles. The van der Waals surface area contributed by atoms with Crippen LogP contribution in [0.3, 0.4) is 0 Å². The van der Waals surface area contributed by atoms with Crippen molar-refractivity contribution in [2.75, 3.05) is 4.90 Å². The lowest BCUT2D eigenvalue weighted by atomic mass is 9.73. The van der Waals surface area contributed by atoms with Crippen LogP contribution in [0.15, 0.2) is 128 Å². The van der Waals surface area contributed by atoms with Crippen molar-refractivity contribution in [3.05, 3.63) is 139 Å². The average molecular weight is 615 g/mol. The van der Waals surface area contributed by atoms with E-state index in [1.165, 1.54) is 31.3 Å². The molecule has 0 spiro atoms. The average Bonchev–Trinajstić information content (AvgIpc) is 3.63. The fourth-order valence-electron chi connectivity index (χ4n) is 7.12. The monoisotopic (exact) mass is 614 g/mol. The number of hydrogen-bond donors (Lipinski definition) is 0. The van der Waals surface area contributed by atoms with E-state index < -0.39 is 0 Å². The summed E-state index contributed by atoms with van der Waals surface area (Å²) in [5.41, 5.74) is 7.51. The number of nitrogens with zero attached hydrogens (tertiary/aromatic N) is 4. The highest BCUT2D eigenvalue weighted by atomic mass is 32.1. The first-order valence-electron chi connectivity index (χ1n) is 15.5. The first-order valence-corrected chi connectivity index (χ1v) is 16.3. The van der Waals surface area contributed by atoms with Gasteiger partial charge in [0.15, 0.2) is 0 Å². The molecule has 0 N–H and O–H groups in total. The van der Waals surface area contributed by atoms with Crippen molar-refractivity contribution >= 4 is 59.7 Å². The molecule has 9 rings (SSSR count). The van der Waals surface area contributed by atoms with Gasteiger partial charge in [0.2, 0.25) is 0 Å². The second-order valence-electron chi connectivity index (χ2n) is 12.4. The molecule has 5 aromatic carbocycles. The van der Waals surface area contributed by atoms with E-state index in [2.05, 4.69) is 109 Å². The van der Waals surface area contributed by atoms with Crippen LogP contribution in [0.2, 0.25) is 0 Å². The van der Waals surface area contributed by atoms with E-state index in [1.807, 2.05) is 60.0 Å². The number of para-hydroxylation sites is 2. The first kappa shape index (κ1) is 26.9. The van der Waals surface area contributed by atoms with E-state index >= 15 is 0 Å². The van der Waals surface area contributed by atoms with Gasteiger partial charge in [-0.1, -0.05) is 68.4 Å². The van der Waals surface area contributed by atoms with Crippen LogP contribution < -0.4 is 9.64 Å². The number of fused-ring (bicyclic) bond motifs is 7. The quantitative estimate of drug-likeness (QED) is 0.198. The fraction of sp³-hybridized carbons (Fsp3) is 0.100. The van der Waals surface area contributed by atoms with Gasteiger partial charge >= 0.3 is 0 Å². The highest BCUT2D eigenvalue weighted by molar-refractivity contribution is 7.25. The van der Waals surface area contributed by atoms with Crippen molar-refractivity contribution in [1.82, 2.24) is 14.5 Å². The Morgan fingerprint density at radius 3 is 2.43 bits per heavy atom. The zero-order valence-corrected chi connectivity index (χ0v) is 26.5. The molecule has 4 heterocycles. The van der Waals surface area contributed by atoms with Gasteiger partial charge in [0, 0.05) is 56.0 Å². The molecule has 222 valence electrons. The molecular formula is C40H30N4OS. The number of ether oxygens (including phenoxy) is 1.